The first-order valence-electron chi connectivity index (χ1n) is 5.87. The molecule has 0 heterocycles. The van der Waals surface area contributed by atoms with E-state index in [9.17, 15) is 31.1 Å². The molecule has 8 heteroatoms. The van der Waals surface area contributed by atoms with Gasteiger partial charge in [0.1, 0.15) is 0 Å². The van der Waals surface area contributed by atoms with Gasteiger partial charge >= 0.3 is 12.4 Å². The predicted molar refractivity (Wildman–Crippen MR) is 63.3 cm³/mol. The zero-order valence-corrected chi connectivity index (χ0v) is 11.4. The number of amides is 1. The minimum absolute atomic E-state index is 0.0595. The van der Waals surface area contributed by atoms with Crippen LogP contribution in [0.3, 0.4) is 0 Å². The highest BCUT2D eigenvalue weighted by Gasteiger charge is 2.37. The van der Waals surface area contributed by atoms with Gasteiger partial charge < -0.3 is 4.90 Å². The summed E-state index contributed by atoms with van der Waals surface area (Å²) in [5, 5.41) is 0. The van der Waals surface area contributed by atoms with Crippen molar-refractivity contribution >= 4 is 5.91 Å². The Labute approximate surface area is 117 Å². The molecule has 0 aliphatic carbocycles. The molecule has 0 aliphatic heterocycles. The van der Waals surface area contributed by atoms with Gasteiger partial charge in [-0.15, -0.1) is 0 Å². The molecule has 0 fully saturated rings. The van der Waals surface area contributed by atoms with Crippen LogP contribution < -0.4 is 0 Å². The molecule has 1 rings (SSSR count). The summed E-state index contributed by atoms with van der Waals surface area (Å²) >= 11 is 0. The molecule has 0 radical (unpaired) electrons. The van der Waals surface area contributed by atoms with Gasteiger partial charge in [0.15, 0.2) is 0 Å². The lowest BCUT2D eigenvalue weighted by atomic mass is 9.99. The molecule has 1 atom stereocenters. The van der Waals surface area contributed by atoms with Gasteiger partial charge in [-0.25, -0.2) is 0 Å². The topological polar surface area (TPSA) is 20.3 Å². The molecule has 1 aromatic carbocycles. The van der Waals surface area contributed by atoms with Crippen molar-refractivity contribution in [3.63, 3.8) is 0 Å². The Morgan fingerprint density at radius 1 is 1.00 bits per heavy atom. The van der Waals surface area contributed by atoms with E-state index in [2.05, 4.69) is 0 Å². The van der Waals surface area contributed by atoms with Crippen molar-refractivity contribution in [1.29, 1.82) is 0 Å². The van der Waals surface area contributed by atoms with E-state index in [0.717, 1.165) is 4.90 Å². The predicted octanol–water partition coefficient (Wildman–Crippen LogP) is 4.26. The number of hydrogen-bond donors (Lipinski definition) is 0. The molecule has 0 saturated heterocycles. The summed E-state index contributed by atoms with van der Waals surface area (Å²) in [7, 11) is 1.31. The van der Waals surface area contributed by atoms with Crippen molar-refractivity contribution < 1.29 is 31.1 Å². The van der Waals surface area contributed by atoms with Crippen molar-refractivity contribution in [2.45, 2.75) is 32.2 Å². The Morgan fingerprint density at radius 2 is 1.38 bits per heavy atom. The summed E-state index contributed by atoms with van der Waals surface area (Å²) in [5.74, 6) is -0.464. The molecule has 118 valence electrons. The average Bonchev–Trinajstić information content (AvgIpc) is 2.34. The lowest BCUT2D eigenvalue weighted by Crippen LogP contribution is -2.27. The van der Waals surface area contributed by atoms with Crippen molar-refractivity contribution in [2.75, 3.05) is 7.05 Å². The SMILES string of the molecule is CC(=O)N(C)C(C)c1cc(C(F)(F)F)cc(C(F)(F)F)c1. The molecule has 21 heavy (non-hydrogen) atoms. The van der Waals surface area contributed by atoms with Crippen LogP contribution in [-0.4, -0.2) is 17.9 Å². The van der Waals surface area contributed by atoms with Crippen LogP contribution >= 0.6 is 0 Å². The molecular formula is C13H13F6NO. The normalized spacial score (nSPS) is 14.0. The van der Waals surface area contributed by atoms with Gasteiger partial charge in [-0.2, -0.15) is 26.3 Å². The molecular weight excluding hydrogens is 300 g/mol. The lowest BCUT2D eigenvalue weighted by molar-refractivity contribution is -0.143. The Balaban J connectivity index is 3.42. The molecule has 2 nitrogen and oxygen atoms in total. The lowest BCUT2D eigenvalue weighted by Gasteiger charge is -2.25. The van der Waals surface area contributed by atoms with Gasteiger partial charge in [0.05, 0.1) is 17.2 Å². The van der Waals surface area contributed by atoms with Crippen LogP contribution in [0.1, 0.15) is 36.6 Å². The zero-order chi connectivity index (χ0) is 16.6. The number of hydrogen-bond acceptors (Lipinski definition) is 1. The maximum absolute atomic E-state index is 12.7. The second kappa shape index (κ2) is 5.57. The number of alkyl halides is 6. The minimum atomic E-state index is -4.90. The highest BCUT2D eigenvalue weighted by molar-refractivity contribution is 5.73. The highest BCUT2D eigenvalue weighted by Crippen LogP contribution is 2.38. The van der Waals surface area contributed by atoms with Crippen molar-refractivity contribution in [2.24, 2.45) is 0 Å². The van der Waals surface area contributed by atoms with Gasteiger partial charge in [0.25, 0.3) is 0 Å². The van der Waals surface area contributed by atoms with Crippen molar-refractivity contribution in [1.82, 2.24) is 4.90 Å². The fourth-order valence-corrected chi connectivity index (χ4v) is 1.72. The first-order chi connectivity index (χ1) is 9.34. The molecule has 0 aliphatic rings. The quantitative estimate of drug-likeness (QED) is 0.747. The number of halogens is 6. The van der Waals surface area contributed by atoms with Gasteiger partial charge in [-0.1, -0.05) is 0 Å². The summed E-state index contributed by atoms with van der Waals surface area (Å²) in [6.07, 6.45) is -9.80. The van der Waals surface area contributed by atoms with E-state index in [1.54, 1.807) is 0 Å². The summed E-state index contributed by atoms with van der Waals surface area (Å²) < 4.78 is 76.3. The first-order valence-corrected chi connectivity index (χ1v) is 5.87. The third-order valence-corrected chi connectivity index (χ3v) is 3.17. The van der Waals surface area contributed by atoms with Crippen molar-refractivity contribution in [3.8, 4) is 0 Å². The minimum Gasteiger partial charge on any atom is -0.339 e. The molecule has 1 aromatic rings. The van der Waals surface area contributed by atoms with Gasteiger partial charge in [-0.05, 0) is 30.7 Å². The monoisotopic (exact) mass is 313 g/mol. The highest BCUT2D eigenvalue weighted by atomic mass is 19.4. The van der Waals surface area contributed by atoms with E-state index < -0.39 is 35.4 Å². The summed E-state index contributed by atoms with van der Waals surface area (Å²) in [6.45, 7) is 2.53. The van der Waals surface area contributed by atoms with Crippen LogP contribution in [0.5, 0.6) is 0 Å². The second-order valence-electron chi connectivity index (χ2n) is 4.65. The van der Waals surface area contributed by atoms with E-state index in [1.165, 1.54) is 20.9 Å². The van der Waals surface area contributed by atoms with Gasteiger partial charge in [0.2, 0.25) is 5.91 Å². The van der Waals surface area contributed by atoms with Crippen LogP contribution in [0.15, 0.2) is 18.2 Å². The van der Waals surface area contributed by atoms with Gasteiger partial charge in [-0.3, -0.25) is 4.79 Å². The molecule has 1 unspecified atom stereocenters. The Bertz CT molecular complexity index is 502. The van der Waals surface area contributed by atoms with Crippen LogP contribution in [0.2, 0.25) is 0 Å². The molecule has 0 N–H and O–H groups in total. The maximum atomic E-state index is 12.7. The maximum Gasteiger partial charge on any atom is 0.416 e. The van der Waals surface area contributed by atoms with Crippen molar-refractivity contribution in [3.05, 3.63) is 34.9 Å². The average molecular weight is 313 g/mol. The zero-order valence-electron chi connectivity index (χ0n) is 11.4. The fourth-order valence-electron chi connectivity index (χ4n) is 1.72. The van der Waals surface area contributed by atoms with E-state index in [1.807, 2.05) is 0 Å². The number of carbonyl (C=O) groups is 1. The molecule has 0 spiro atoms. The smallest absolute Gasteiger partial charge is 0.339 e. The standard InChI is InChI=1S/C13H13F6NO/c1-7(20(3)8(2)21)9-4-10(12(14,15)16)6-11(5-9)13(17,18)19/h4-7H,1-3H3. The van der Waals surface area contributed by atoms with Crippen LogP contribution in [0.4, 0.5) is 26.3 Å². The van der Waals surface area contributed by atoms with E-state index in [-0.39, 0.29) is 11.6 Å². The molecule has 0 aromatic heterocycles. The third-order valence-electron chi connectivity index (χ3n) is 3.17. The third kappa shape index (κ3) is 4.12. The van der Waals surface area contributed by atoms with Crippen LogP contribution in [0.25, 0.3) is 0 Å². The number of nitrogens with zero attached hydrogens (tertiary/aromatic N) is 1. The number of benzene rings is 1. The Kier molecular flexibility index (Phi) is 4.60. The Morgan fingerprint density at radius 3 is 1.67 bits per heavy atom. The first kappa shape index (κ1) is 17.3. The number of carbonyl (C=O) groups excluding carboxylic acids is 1. The van der Waals surface area contributed by atoms with E-state index >= 15 is 0 Å². The van der Waals surface area contributed by atoms with E-state index in [0.29, 0.717) is 12.1 Å². The molecule has 0 bridgehead atoms. The Hall–Kier alpha value is -1.73. The molecule has 1 amide bonds. The fraction of sp³-hybridized carbons (Fsp3) is 0.462. The summed E-state index contributed by atoms with van der Waals surface area (Å²) in [4.78, 5) is 12.3. The van der Waals surface area contributed by atoms with Gasteiger partial charge in [0, 0.05) is 14.0 Å². The van der Waals surface area contributed by atoms with Crippen LogP contribution in [-0.2, 0) is 17.1 Å². The van der Waals surface area contributed by atoms with E-state index in [4.69, 9.17) is 0 Å². The second-order valence-corrected chi connectivity index (χ2v) is 4.65. The largest absolute Gasteiger partial charge is 0.416 e. The van der Waals surface area contributed by atoms with Crippen LogP contribution in [0, 0.1) is 0 Å². The summed E-state index contributed by atoms with van der Waals surface area (Å²) in [6, 6.07) is 0.397. The number of rotatable bonds is 2. The molecule has 0 saturated carbocycles. The summed E-state index contributed by atoms with van der Waals surface area (Å²) in [5.41, 5.74) is -3.01.